The maximum Gasteiger partial charge on any atom is 0.342 e. The van der Waals surface area contributed by atoms with E-state index in [9.17, 15) is 17.2 Å². The first-order valence-electron chi connectivity index (χ1n) is 9.84. The van der Waals surface area contributed by atoms with Crippen LogP contribution in [0.15, 0.2) is 41.4 Å². The summed E-state index contributed by atoms with van der Waals surface area (Å²) in [6, 6.07) is 6.28. The molecule has 0 spiro atoms. The standard InChI is InChI=1S/C22H24F2N2O3S/c1-14-11-16(29-30(27,28)20-6-4-5-19(23)21(20)24)12-17-18(13-26(3)22(14)17)15-7-9-25(2)10-8-15/h4-6,11-13,15H,7-10H2,1-3H3. The van der Waals surface area contributed by atoms with Gasteiger partial charge in [-0.15, -0.1) is 0 Å². The van der Waals surface area contributed by atoms with Crippen LogP contribution in [0.1, 0.15) is 29.9 Å². The number of hydrogen-bond donors (Lipinski definition) is 0. The topological polar surface area (TPSA) is 51.5 Å². The summed E-state index contributed by atoms with van der Waals surface area (Å²) in [7, 11) is -0.450. The van der Waals surface area contributed by atoms with Crippen molar-refractivity contribution in [3.05, 3.63) is 59.3 Å². The fourth-order valence-corrected chi connectivity index (χ4v) is 5.32. The van der Waals surface area contributed by atoms with Crippen molar-refractivity contribution in [2.75, 3.05) is 20.1 Å². The first-order chi connectivity index (χ1) is 14.2. The Labute approximate surface area is 175 Å². The Kier molecular flexibility index (Phi) is 5.32. The summed E-state index contributed by atoms with van der Waals surface area (Å²) in [5.74, 6) is -2.22. The average molecular weight is 435 g/mol. The number of piperidine rings is 1. The smallest absolute Gasteiger partial charge is 0.342 e. The van der Waals surface area contributed by atoms with Crippen LogP contribution < -0.4 is 4.18 Å². The molecule has 0 bridgehead atoms. The van der Waals surface area contributed by atoms with Gasteiger partial charge in [0.1, 0.15) is 10.6 Å². The molecule has 1 saturated heterocycles. The molecule has 2 heterocycles. The van der Waals surface area contributed by atoms with Gasteiger partial charge in [-0.25, -0.2) is 8.78 Å². The van der Waals surface area contributed by atoms with Gasteiger partial charge >= 0.3 is 10.1 Å². The van der Waals surface area contributed by atoms with Gasteiger partial charge in [0.15, 0.2) is 11.6 Å². The van der Waals surface area contributed by atoms with E-state index in [0.29, 0.717) is 5.92 Å². The largest absolute Gasteiger partial charge is 0.379 e. The first kappa shape index (κ1) is 20.8. The SMILES string of the molecule is Cc1cc(OS(=O)(=O)c2cccc(F)c2F)cc2c(C3CCN(C)CC3)cn(C)c12. The molecule has 1 aliphatic heterocycles. The van der Waals surface area contributed by atoms with Crippen LogP contribution in [-0.4, -0.2) is 38.0 Å². The van der Waals surface area contributed by atoms with Crippen molar-refractivity contribution in [1.82, 2.24) is 9.47 Å². The van der Waals surface area contributed by atoms with Gasteiger partial charge in [-0.1, -0.05) is 6.07 Å². The van der Waals surface area contributed by atoms with Crippen LogP contribution in [0, 0.1) is 18.6 Å². The maximum absolute atomic E-state index is 14.0. The summed E-state index contributed by atoms with van der Waals surface area (Å²) >= 11 is 0. The molecule has 30 heavy (non-hydrogen) atoms. The molecule has 8 heteroatoms. The van der Waals surface area contributed by atoms with Crippen molar-refractivity contribution < 1.29 is 21.4 Å². The summed E-state index contributed by atoms with van der Waals surface area (Å²) in [5, 5.41) is 0.928. The Morgan fingerprint density at radius 1 is 1.10 bits per heavy atom. The fraction of sp³-hybridized carbons (Fsp3) is 0.364. The van der Waals surface area contributed by atoms with Crippen LogP contribution >= 0.6 is 0 Å². The second-order valence-electron chi connectivity index (χ2n) is 8.00. The summed E-state index contributed by atoms with van der Waals surface area (Å²) < 4.78 is 60.0. The lowest BCUT2D eigenvalue weighted by Gasteiger charge is -2.28. The Hall–Kier alpha value is -2.45. The number of aromatic nitrogens is 1. The molecule has 3 aromatic rings. The highest BCUT2D eigenvalue weighted by Gasteiger charge is 2.26. The molecular weight excluding hydrogens is 410 g/mol. The summed E-state index contributed by atoms with van der Waals surface area (Å²) in [6.07, 6.45) is 4.14. The molecule has 0 N–H and O–H groups in total. The van der Waals surface area contributed by atoms with Crippen LogP contribution in [0.25, 0.3) is 10.9 Å². The van der Waals surface area contributed by atoms with Crippen molar-refractivity contribution >= 4 is 21.0 Å². The number of nitrogens with zero attached hydrogens (tertiary/aromatic N) is 2. The zero-order valence-electron chi connectivity index (χ0n) is 17.2. The van der Waals surface area contributed by atoms with Crippen molar-refractivity contribution in [3.63, 3.8) is 0 Å². The number of aryl methyl sites for hydroxylation is 2. The minimum absolute atomic E-state index is 0.0871. The van der Waals surface area contributed by atoms with Crippen LogP contribution in [0.5, 0.6) is 5.75 Å². The van der Waals surface area contributed by atoms with E-state index in [1.165, 1.54) is 0 Å². The first-order valence-corrected chi connectivity index (χ1v) is 11.2. The van der Waals surface area contributed by atoms with Gasteiger partial charge in [0, 0.05) is 18.6 Å². The Morgan fingerprint density at radius 2 is 1.80 bits per heavy atom. The molecule has 160 valence electrons. The molecule has 5 nitrogen and oxygen atoms in total. The normalized spacial score (nSPS) is 16.3. The molecule has 2 aromatic carbocycles. The van der Waals surface area contributed by atoms with Gasteiger partial charge in [0.05, 0.1) is 5.52 Å². The van der Waals surface area contributed by atoms with Crippen molar-refractivity contribution in [2.24, 2.45) is 7.05 Å². The van der Waals surface area contributed by atoms with Crippen molar-refractivity contribution in [1.29, 1.82) is 0 Å². The molecule has 1 aliphatic rings. The molecule has 1 aromatic heterocycles. The third-order valence-corrected chi connectivity index (χ3v) is 7.09. The second kappa shape index (κ2) is 7.67. The van der Waals surface area contributed by atoms with E-state index in [2.05, 4.69) is 18.1 Å². The Morgan fingerprint density at radius 3 is 2.50 bits per heavy atom. The lowest BCUT2D eigenvalue weighted by Crippen LogP contribution is -2.29. The monoisotopic (exact) mass is 434 g/mol. The minimum atomic E-state index is -4.52. The molecule has 0 radical (unpaired) electrons. The Balaban J connectivity index is 1.75. The van der Waals surface area contributed by atoms with E-state index in [4.69, 9.17) is 4.18 Å². The fourth-order valence-electron chi connectivity index (χ4n) is 4.32. The molecule has 0 amide bonds. The predicted octanol–water partition coefficient (Wildman–Crippen LogP) is 4.34. The highest BCUT2D eigenvalue weighted by Crippen LogP contribution is 2.37. The minimum Gasteiger partial charge on any atom is -0.379 e. The second-order valence-corrected chi connectivity index (χ2v) is 9.51. The van der Waals surface area contributed by atoms with E-state index >= 15 is 0 Å². The molecule has 0 unspecified atom stereocenters. The molecule has 1 fully saturated rings. The quantitative estimate of drug-likeness (QED) is 0.573. The van der Waals surface area contributed by atoms with Crippen molar-refractivity contribution in [3.8, 4) is 5.75 Å². The zero-order valence-corrected chi connectivity index (χ0v) is 18.0. The zero-order chi connectivity index (χ0) is 21.6. The maximum atomic E-state index is 14.0. The molecule has 4 rings (SSSR count). The van der Waals surface area contributed by atoms with E-state index in [1.54, 1.807) is 12.1 Å². The van der Waals surface area contributed by atoms with Crippen LogP contribution in [-0.2, 0) is 17.2 Å². The molecule has 0 saturated carbocycles. The van der Waals surface area contributed by atoms with Gasteiger partial charge < -0.3 is 13.7 Å². The Bertz CT molecular complexity index is 1210. The number of likely N-dealkylation sites (tertiary alicyclic amines) is 1. The van der Waals surface area contributed by atoms with Gasteiger partial charge in [-0.3, -0.25) is 0 Å². The van der Waals surface area contributed by atoms with Gasteiger partial charge in [0.2, 0.25) is 0 Å². The van der Waals surface area contributed by atoms with Gasteiger partial charge in [0.25, 0.3) is 0 Å². The van der Waals surface area contributed by atoms with Gasteiger partial charge in [-0.05, 0) is 81.2 Å². The number of hydrogen-bond acceptors (Lipinski definition) is 4. The number of rotatable bonds is 4. The van der Waals surface area contributed by atoms with E-state index in [0.717, 1.165) is 66.2 Å². The molecular formula is C22H24F2N2O3S. The summed E-state index contributed by atoms with van der Waals surface area (Å²) in [4.78, 5) is 1.48. The third kappa shape index (κ3) is 3.70. The molecule has 0 atom stereocenters. The van der Waals surface area contributed by atoms with Crippen molar-refractivity contribution in [2.45, 2.75) is 30.6 Å². The average Bonchev–Trinajstić information content (AvgIpc) is 3.01. The van der Waals surface area contributed by atoms with Crippen LogP contribution in [0.3, 0.4) is 0 Å². The van der Waals surface area contributed by atoms with E-state index < -0.39 is 26.6 Å². The van der Waals surface area contributed by atoms with Crippen LogP contribution in [0.4, 0.5) is 8.78 Å². The van der Waals surface area contributed by atoms with E-state index in [-0.39, 0.29) is 5.75 Å². The lowest BCUT2D eigenvalue weighted by molar-refractivity contribution is 0.256. The highest BCUT2D eigenvalue weighted by molar-refractivity contribution is 7.87. The highest BCUT2D eigenvalue weighted by atomic mass is 32.2. The van der Waals surface area contributed by atoms with Crippen LogP contribution in [0.2, 0.25) is 0 Å². The number of halogens is 2. The van der Waals surface area contributed by atoms with E-state index in [1.807, 2.05) is 18.5 Å². The summed E-state index contributed by atoms with van der Waals surface area (Å²) in [5.41, 5.74) is 3.01. The predicted molar refractivity (Wildman–Crippen MR) is 111 cm³/mol. The third-order valence-electron chi connectivity index (χ3n) is 5.82. The number of fused-ring (bicyclic) bond motifs is 1. The molecule has 0 aliphatic carbocycles. The summed E-state index contributed by atoms with van der Waals surface area (Å²) in [6.45, 7) is 3.88. The van der Waals surface area contributed by atoms with Gasteiger partial charge in [-0.2, -0.15) is 8.42 Å². The lowest BCUT2D eigenvalue weighted by atomic mass is 9.89. The number of benzene rings is 2.